The molecular weight excluding hydrogens is 459 g/mol. The van der Waals surface area contributed by atoms with Gasteiger partial charge in [-0.05, 0) is 54.6 Å². The van der Waals surface area contributed by atoms with Crippen LogP contribution in [0.5, 0.6) is 0 Å². The van der Waals surface area contributed by atoms with Gasteiger partial charge in [0.1, 0.15) is 11.3 Å². The van der Waals surface area contributed by atoms with Crippen LogP contribution < -0.4 is 4.31 Å². The maximum Gasteiger partial charge on any atom is 0.340 e. The van der Waals surface area contributed by atoms with E-state index in [1.54, 1.807) is 24.3 Å². The molecule has 1 aromatic heterocycles. The number of hydrogen-bond donors (Lipinski definition) is 0. The average Bonchev–Trinajstić information content (AvgIpc) is 3.20. The smallest absolute Gasteiger partial charge is 0.340 e. The van der Waals surface area contributed by atoms with Gasteiger partial charge in [0.2, 0.25) is 5.89 Å². The summed E-state index contributed by atoms with van der Waals surface area (Å²) in [6.07, 6.45) is 0. The Balaban J connectivity index is 1.55. The number of oxazole rings is 1. The highest BCUT2D eigenvalue weighted by molar-refractivity contribution is 7.92. The molecule has 4 rings (SSSR count). The number of carbonyl (C=O) groups is 1. The number of hydrogen-bond acceptors (Lipinski definition) is 6. The van der Waals surface area contributed by atoms with Crippen LogP contribution >= 0.6 is 11.6 Å². The number of nitrogens with zero attached hydrogens (tertiary/aromatic N) is 2. The third-order valence-corrected chi connectivity index (χ3v) is 6.78. The van der Waals surface area contributed by atoms with Crippen molar-refractivity contribution in [1.82, 2.24) is 4.98 Å². The number of esters is 1. The molecular formula is C22H16ClFN2O5S. The van der Waals surface area contributed by atoms with E-state index in [1.165, 1.54) is 31.3 Å². The monoisotopic (exact) mass is 474 g/mol. The second kappa shape index (κ2) is 8.60. The van der Waals surface area contributed by atoms with Gasteiger partial charge in [-0.3, -0.25) is 4.31 Å². The number of ether oxygens (including phenoxy) is 1. The second-order valence-electron chi connectivity index (χ2n) is 6.74. The molecule has 0 amide bonds. The number of para-hydroxylation sites is 2. The van der Waals surface area contributed by atoms with Crippen molar-refractivity contribution in [2.24, 2.45) is 0 Å². The Kier molecular flexibility index (Phi) is 5.86. The Labute approximate surface area is 188 Å². The standard InChI is InChI=1S/C22H16ClFN2O5S/c1-26(15-8-6-14(24)7-9-15)32(28,29)16-10-11-18(23)17(12-16)22(27)30-13-21-25-19-4-2-3-5-20(19)31-21/h2-12H,13H2,1H3. The van der Waals surface area contributed by atoms with E-state index in [-0.39, 0.29) is 33.7 Å². The molecule has 0 spiro atoms. The minimum Gasteiger partial charge on any atom is -0.452 e. The minimum absolute atomic E-state index is 0.0240. The minimum atomic E-state index is -4.05. The fourth-order valence-electron chi connectivity index (χ4n) is 2.96. The molecule has 0 bridgehead atoms. The van der Waals surface area contributed by atoms with Crippen molar-refractivity contribution in [3.8, 4) is 0 Å². The van der Waals surface area contributed by atoms with E-state index in [9.17, 15) is 17.6 Å². The highest BCUT2D eigenvalue weighted by atomic mass is 35.5. The van der Waals surface area contributed by atoms with Crippen molar-refractivity contribution in [2.75, 3.05) is 11.4 Å². The number of fused-ring (bicyclic) bond motifs is 1. The summed E-state index contributed by atoms with van der Waals surface area (Å²) in [5.74, 6) is -1.13. The number of carbonyl (C=O) groups excluding carboxylic acids is 1. The lowest BCUT2D eigenvalue weighted by molar-refractivity contribution is 0.0440. The summed E-state index contributed by atoms with van der Waals surface area (Å²) >= 11 is 6.11. The Morgan fingerprint density at radius 3 is 2.56 bits per heavy atom. The summed E-state index contributed by atoms with van der Waals surface area (Å²) in [5, 5.41) is 0.0240. The van der Waals surface area contributed by atoms with Gasteiger partial charge >= 0.3 is 5.97 Å². The fourth-order valence-corrected chi connectivity index (χ4v) is 4.37. The molecule has 3 aromatic carbocycles. The number of halogens is 2. The van der Waals surface area contributed by atoms with Crippen LogP contribution in [-0.2, 0) is 21.4 Å². The molecule has 0 atom stereocenters. The highest BCUT2D eigenvalue weighted by Crippen LogP contribution is 2.27. The molecule has 0 fully saturated rings. The summed E-state index contributed by atoms with van der Waals surface area (Å²) < 4.78 is 50.9. The molecule has 32 heavy (non-hydrogen) atoms. The fraction of sp³-hybridized carbons (Fsp3) is 0.0909. The first-order valence-corrected chi connectivity index (χ1v) is 11.1. The van der Waals surface area contributed by atoms with Gasteiger partial charge in [0.25, 0.3) is 10.0 Å². The quantitative estimate of drug-likeness (QED) is 0.373. The predicted molar refractivity (Wildman–Crippen MR) is 117 cm³/mol. The molecule has 1 heterocycles. The van der Waals surface area contributed by atoms with Gasteiger partial charge < -0.3 is 9.15 Å². The highest BCUT2D eigenvalue weighted by Gasteiger charge is 2.24. The third kappa shape index (κ3) is 4.30. The second-order valence-corrected chi connectivity index (χ2v) is 9.12. The van der Waals surface area contributed by atoms with Crippen LogP contribution in [0.25, 0.3) is 11.1 Å². The summed E-state index contributed by atoms with van der Waals surface area (Å²) in [6.45, 7) is -0.254. The van der Waals surface area contributed by atoms with Crippen molar-refractivity contribution < 1.29 is 26.8 Å². The number of rotatable bonds is 6. The lowest BCUT2D eigenvalue weighted by Gasteiger charge is -2.20. The molecule has 0 saturated heterocycles. The molecule has 7 nitrogen and oxygen atoms in total. The summed E-state index contributed by atoms with van der Waals surface area (Å²) in [5.41, 5.74) is 1.29. The van der Waals surface area contributed by atoms with Gasteiger partial charge in [-0.15, -0.1) is 0 Å². The van der Waals surface area contributed by atoms with E-state index in [1.807, 2.05) is 0 Å². The van der Waals surface area contributed by atoms with E-state index >= 15 is 0 Å². The third-order valence-electron chi connectivity index (χ3n) is 4.67. The van der Waals surface area contributed by atoms with Crippen molar-refractivity contribution in [2.45, 2.75) is 11.5 Å². The van der Waals surface area contributed by atoms with Crippen LogP contribution in [0.2, 0.25) is 5.02 Å². The molecule has 0 radical (unpaired) electrons. The van der Waals surface area contributed by atoms with Crippen LogP contribution in [0.3, 0.4) is 0 Å². The lowest BCUT2D eigenvalue weighted by Crippen LogP contribution is -2.26. The molecule has 0 unspecified atom stereocenters. The molecule has 0 saturated carbocycles. The molecule has 0 aliphatic rings. The predicted octanol–water partition coefficient (Wildman–Crippen LogP) is 4.80. The SMILES string of the molecule is CN(c1ccc(F)cc1)S(=O)(=O)c1ccc(Cl)c(C(=O)OCc2nc3ccccc3o2)c1. The van der Waals surface area contributed by atoms with Crippen molar-refractivity contribution in [3.05, 3.63) is 89.0 Å². The topological polar surface area (TPSA) is 89.7 Å². The van der Waals surface area contributed by atoms with E-state index in [2.05, 4.69) is 4.98 Å². The zero-order chi connectivity index (χ0) is 22.9. The summed E-state index contributed by atoms with van der Waals surface area (Å²) in [4.78, 5) is 16.6. The van der Waals surface area contributed by atoms with Gasteiger partial charge in [0, 0.05) is 7.05 Å². The normalized spacial score (nSPS) is 11.5. The van der Waals surface area contributed by atoms with Gasteiger partial charge in [-0.25, -0.2) is 22.6 Å². The summed E-state index contributed by atoms with van der Waals surface area (Å²) in [7, 11) is -2.73. The van der Waals surface area contributed by atoms with Crippen LogP contribution in [0, 0.1) is 5.82 Å². The largest absolute Gasteiger partial charge is 0.452 e. The molecule has 0 aliphatic carbocycles. The van der Waals surface area contributed by atoms with Crippen molar-refractivity contribution >= 4 is 44.4 Å². The van der Waals surface area contributed by atoms with Gasteiger partial charge in [0.05, 0.1) is 21.2 Å². The number of anilines is 1. The van der Waals surface area contributed by atoms with Gasteiger partial charge in [-0.1, -0.05) is 23.7 Å². The molecule has 4 aromatic rings. The van der Waals surface area contributed by atoms with E-state index in [0.29, 0.717) is 11.1 Å². The molecule has 10 heteroatoms. The first-order valence-electron chi connectivity index (χ1n) is 9.31. The van der Waals surface area contributed by atoms with Crippen LogP contribution in [0.1, 0.15) is 16.2 Å². The zero-order valence-corrected chi connectivity index (χ0v) is 18.2. The van der Waals surface area contributed by atoms with Crippen LogP contribution in [0.15, 0.2) is 76.0 Å². The average molecular weight is 475 g/mol. The molecule has 164 valence electrons. The Morgan fingerprint density at radius 1 is 1.12 bits per heavy atom. The van der Waals surface area contributed by atoms with Crippen molar-refractivity contribution in [1.29, 1.82) is 0 Å². The van der Waals surface area contributed by atoms with E-state index in [4.69, 9.17) is 20.8 Å². The first-order chi connectivity index (χ1) is 15.3. The number of sulfonamides is 1. The Bertz CT molecular complexity index is 1370. The van der Waals surface area contributed by atoms with Crippen LogP contribution in [0.4, 0.5) is 10.1 Å². The maximum absolute atomic E-state index is 13.2. The Morgan fingerprint density at radius 2 is 1.84 bits per heavy atom. The summed E-state index contributed by atoms with van der Waals surface area (Å²) in [6, 6.07) is 15.7. The van der Waals surface area contributed by atoms with Crippen molar-refractivity contribution in [3.63, 3.8) is 0 Å². The first kappa shape index (κ1) is 21.8. The van der Waals surface area contributed by atoms with Gasteiger partial charge in [-0.2, -0.15) is 0 Å². The number of benzene rings is 3. The van der Waals surface area contributed by atoms with Crippen LogP contribution in [-0.4, -0.2) is 26.4 Å². The lowest BCUT2D eigenvalue weighted by atomic mass is 10.2. The molecule has 0 N–H and O–H groups in total. The maximum atomic E-state index is 13.2. The Hall–Kier alpha value is -3.43. The number of aromatic nitrogens is 1. The van der Waals surface area contributed by atoms with E-state index < -0.39 is 21.8 Å². The molecule has 0 aliphatic heterocycles. The van der Waals surface area contributed by atoms with Gasteiger partial charge in [0.15, 0.2) is 12.2 Å². The van der Waals surface area contributed by atoms with E-state index in [0.717, 1.165) is 22.5 Å². The zero-order valence-electron chi connectivity index (χ0n) is 16.7.